The van der Waals surface area contributed by atoms with E-state index in [-0.39, 0.29) is 11.7 Å². The molecule has 0 aliphatic heterocycles. The molecule has 30 heavy (non-hydrogen) atoms. The highest BCUT2D eigenvalue weighted by molar-refractivity contribution is 7.99. The highest BCUT2D eigenvalue weighted by Gasteiger charge is 2.12. The second-order valence-electron chi connectivity index (χ2n) is 6.27. The summed E-state index contributed by atoms with van der Waals surface area (Å²) in [5.41, 5.74) is 2.95. The second-order valence-corrected chi connectivity index (χ2v) is 7.21. The molecule has 9 heteroatoms. The number of benzene rings is 2. The van der Waals surface area contributed by atoms with E-state index in [1.54, 1.807) is 30.9 Å². The molecule has 2 aromatic heterocycles. The topological polar surface area (TPSA) is 90.6 Å². The van der Waals surface area contributed by atoms with Crippen molar-refractivity contribution in [3.05, 3.63) is 60.7 Å². The number of nitrogens with one attached hydrogen (secondary N) is 1. The van der Waals surface area contributed by atoms with Gasteiger partial charge in [0.1, 0.15) is 11.5 Å². The lowest BCUT2D eigenvalue weighted by Gasteiger charge is -2.07. The van der Waals surface area contributed by atoms with E-state index in [9.17, 15) is 4.79 Å². The van der Waals surface area contributed by atoms with Crippen LogP contribution in [-0.2, 0) is 4.79 Å². The van der Waals surface area contributed by atoms with Crippen molar-refractivity contribution in [2.45, 2.75) is 5.16 Å². The number of fused-ring (bicyclic) bond motifs is 1. The van der Waals surface area contributed by atoms with Gasteiger partial charge in [-0.2, -0.15) is 9.61 Å². The van der Waals surface area contributed by atoms with Gasteiger partial charge in [-0.15, -0.1) is 10.2 Å². The Morgan fingerprint density at radius 3 is 2.57 bits per heavy atom. The number of methoxy groups -OCH3 is 2. The largest absolute Gasteiger partial charge is 0.497 e. The maximum Gasteiger partial charge on any atom is 0.234 e. The van der Waals surface area contributed by atoms with Crippen LogP contribution in [0.2, 0.25) is 0 Å². The van der Waals surface area contributed by atoms with Crippen LogP contribution in [0, 0.1) is 0 Å². The summed E-state index contributed by atoms with van der Waals surface area (Å²) in [7, 11) is 3.21. The van der Waals surface area contributed by atoms with E-state index in [4.69, 9.17) is 9.47 Å². The number of ether oxygens (including phenoxy) is 2. The Kier molecular flexibility index (Phi) is 5.80. The van der Waals surface area contributed by atoms with Crippen molar-refractivity contribution >= 4 is 29.0 Å². The Hall–Kier alpha value is -3.59. The molecular weight excluding hydrogens is 402 g/mol. The molecule has 0 aliphatic rings. The van der Waals surface area contributed by atoms with Crippen LogP contribution in [0.3, 0.4) is 0 Å². The molecule has 1 amide bonds. The molecule has 0 spiro atoms. The number of hydrogen-bond donors (Lipinski definition) is 1. The van der Waals surface area contributed by atoms with Gasteiger partial charge < -0.3 is 14.8 Å². The Balaban J connectivity index is 1.49. The van der Waals surface area contributed by atoms with Gasteiger partial charge in [-0.1, -0.05) is 30.0 Å². The zero-order valence-corrected chi connectivity index (χ0v) is 17.2. The van der Waals surface area contributed by atoms with Gasteiger partial charge in [0, 0.05) is 17.3 Å². The van der Waals surface area contributed by atoms with E-state index >= 15 is 0 Å². The van der Waals surface area contributed by atoms with Gasteiger partial charge in [0.2, 0.25) is 11.1 Å². The molecule has 1 N–H and O–H groups in total. The lowest BCUT2D eigenvalue weighted by atomic mass is 10.1. The van der Waals surface area contributed by atoms with E-state index in [0.717, 1.165) is 17.0 Å². The molecule has 152 valence electrons. The van der Waals surface area contributed by atoms with Crippen LogP contribution in [0.15, 0.2) is 65.8 Å². The van der Waals surface area contributed by atoms with Crippen LogP contribution < -0.4 is 14.8 Å². The molecule has 0 fully saturated rings. The van der Waals surface area contributed by atoms with E-state index in [2.05, 4.69) is 20.6 Å². The smallest absolute Gasteiger partial charge is 0.234 e. The Morgan fingerprint density at radius 2 is 1.77 bits per heavy atom. The number of anilines is 1. The molecule has 0 unspecified atom stereocenters. The third kappa shape index (κ3) is 4.36. The molecule has 0 saturated heterocycles. The maximum atomic E-state index is 12.3. The SMILES string of the molecule is COc1cccc(NC(=O)CSc2nnc3ccc(-c4cccc(OC)c4)nn23)c1. The molecule has 4 rings (SSSR count). The molecule has 2 aromatic carbocycles. The lowest BCUT2D eigenvalue weighted by molar-refractivity contribution is -0.113. The third-order valence-corrected chi connectivity index (χ3v) is 5.20. The molecule has 0 atom stereocenters. The normalized spacial score (nSPS) is 10.7. The van der Waals surface area contributed by atoms with Crippen LogP contribution in [-0.4, -0.2) is 45.7 Å². The fourth-order valence-electron chi connectivity index (χ4n) is 2.82. The van der Waals surface area contributed by atoms with Crippen molar-refractivity contribution in [2.24, 2.45) is 0 Å². The first-order valence-corrected chi connectivity index (χ1v) is 10.1. The minimum atomic E-state index is -0.158. The number of amides is 1. The van der Waals surface area contributed by atoms with Crippen LogP contribution in [0.5, 0.6) is 11.5 Å². The van der Waals surface area contributed by atoms with Gasteiger partial charge >= 0.3 is 0 Å². The van der Waals surface area contributed by atoms with Crippen LogP contribution in [0.1, 0.15) is 0 Å². The van der Waals surface area contributed by atoms with Crippen molar-refractivity contribution in [1.29, 1.82) is 0 Å². The van der Waals surface area contributed by atoms with Crippen molar-refractivity contribution < 1.29 is 14.3 Å². The minimum absolute atomic E-state index is 0.158. The van der Waals surface area contributed by atoms with Gasteiger partial charge in [-0.05, 0) is 36.4 Å². The van der Waals surface area contributed by atoms with Gasteiger partial charge in [0.05, 0.1) is 25.7 Å². The standard InChI is InChI=1S/C21H19N5O3S/c1-28-16-7-3-5-14(11-16)18-9-10-19-23-24-21(26(19)25-18)30-13-20(27)22-15-6-4-8-17(12-15)29-2/h3-12H,13H2,1-2H3,(H,22,27). The number of carbonyl (C=O) groups excluding carboxylic acids is 1. The summed E-state index contributed by atoms with van der Waals surface area (Å²) < 4.78 is 12.1. The minimum Gasteiger partial charge on any atom is -0.497 e. The summed E-state index contributed by atoms with van der Waals surface area (Å²) in [6.07, 6.45) is 0. The first-order chi connectivity index (χ1) is 14.7. The van der Waals surface area contributed by atoms with Gasteiger partial charge in [-0.3, -0.25) is 4.79 Å². The van der Waals surface area contributed by atoms with Crippen LogP contribution >= 0.6 is 11.8 Å². The van der Waals surface area contributed by atoms with Gasteiger partial charge in [0.25, 0.3) is 0 Å². The van der Waals surface area contributed by atoms with E-state index < -0.39 is 0 Å². The average molecular weight is 421 g/mol. The fraction of sp³-hybridized carbons (Fsp3) is 0.143. The molecule has 0 saturated carbocycles. The average Bonchev–Trinajstić information content (AvgIpc) is 3.20. The van der Waals surface area contributed by atoms with Gasteiger partial charge in [-0.25, -0.2) is 0 Å². The molecular formula is C21H19N5O3S. The molecule has 8 nitrogen and oxygen atoms in total. The summed E-state index contributed by atoms with van der Waals surface area (Å²) in [6.45, 7) is 0. The van der Waals surface area contributed by atoms with E-state index in [0.29, 0.717) is 22.2 Å². The number of hydrogen-bond acceptors (Lipinski definition) is 7. The van der Waals surface area contributed by atoms with E-state index in [1.807, 2.05) is 48.5 Å². The number of aromatic nitrogens is 4. The zero-order chi connectivity index (χ0) is 20.9. The molecule has 0 aliphatic carbocycles. The van der Waals surface area contributed by atoms with Crippen molar-refractivity contribution in [1.82, 2.24) is 19.8 Å². The first kappa shape index (κ1) is 19.7. The molecule has 0 bridgehead atoms. The summed E-state index contributed by atoms with van der Waals surface area (Å²) in [4.78, 5) is 12.3. The quantitative estimate of drug-likeness (QED) is 0.457. The summed E-state index contributed by atoms with van der Waals surface area (Å²) in [5, 5.41) is 16.3. The fourth-order valence-corrected chi connectivity index (χ4v) is 3.51. The highest BCUT2D eigenvalue weighted by atomic mass is 32.2. The van der Waals surface area contributed by atoms with Gasteiger partial charge in [0.15, 0.2) is 5.65 Å². The Morgan fingerprint density at radius 1 is 1.00 bits per heavy atom. The first-order valence-electron chi connectivity index (χ1n) is 9.10. The van der Waals surface area contributed by atoms with Crippen molar-refractivity contribution in [2.75, 3.05) is 25.3 Å². The summed E-state index contributed by atoms with van der Waals surface area (Å²) in [6, 6.07) is 18.6. The van der Waals surface area contributed by atoms with Crippen molar-refractivity contribution in [3.8, 4) is 22.8 Å². The predicted molar refractivity (Wildman–Crippen MR) is 115 cm³/mol. The Bertz CT molecular complexity index is 1190. The number of carbonyl (C=O) groups is 1. The zero-order valence-electron chi connectivity index (χ0n) is 16.4. The van der Waals surface area contributed by atoms with Crippen LogP contribution in [0.4, 0.5) is 5.69 Å². The van der Waals surface area contributed by atoms with Crippen molar-refractivity contribution in [3.63, 3.8) is 0 Å². The lowest BCUT2D eigenvalue weighted by Crippen LogP contribution is -2.14. The number of nitrogens with zero attached hydrogens (tertiary/aromatic N) is 4. The monoisotopic (exact) mass is 421 g/mol. The number of rotatable bonds is 7. The van der Waals surface area contributed by atoms with E-state index in [1.165, 1.54) is 11.8 Å². The highest BCUT2D eigenvalue weighted by Crippen LogP contribution is 2.24. The summed E-state index contributed by atoms with van der Waals surface area (Å²) in [5.74, 6) is 1.44. The Labute approximate surface area is 177 Å². The third-order valence-electron chi connectivity index (χ3n) is 4.29. The number of thioether (sulfide) groups is 1. The van der Waals surface area contributed by atoms with Crippen LogP contribution in [0.25, 0.3) is 16.9 Å². The molecule has 0 radical (unpaired) electrons. The molecule has 4 aromatic rings. The maximum absolute atomic E-state index is 12.3. The second kappa shape index (κ2) is 8.83. The summed E-state index contributed by atoms with van der Waals surface area (Å²) >= 11 is 1.26. The predicted octanol–water partition coefficient (Wildman–Crippen LogP) is 3.54. The molecule has 2 heterocycles.